The van der Waals surface area contributed by atoms with E-state index in [1.54, 1.807) is 25.1 Å². The van der Waals surface area contributed by atoms with Crippen LogP contribution in [-0.2, 0) is 11.2 Å². The van der Waals surface area contributed by atoms with E-state index in [2.05, 4.69) is 11.9 Å². The number of rotatable bonds is 7. The molecule has 3 N–H and O–H groups in total. The van der Waals surface area contributed by atoms with Gasteiger partial charge in [-0.25, -0.2) is 0 Å². The second-order valence-corrected chi connectivity index (χ2v) is 5.16. The Bertz CT molecular complexity index is 475. The Morgan fingerprint density at radius 3 is 2.85 bits per heavy atom. The second kappa shape index (κ2) is 7.92. The number of hydrogen-bond acceptors (Lipinski definition) is 3. The molecule has 0 radical (unpaired) electrons. The maximum atomic E-state index is 11.8. The predicted molar refractivity (Wildman–Crippen MR) is 82.1 cm³/mol. The summed E-state index contributed by atoms with van der Waals surface area (Å²) in [6, 6.07) is 5.29. The number of carbonyl (C=O) groups excluding carboxylic acids is 1. The van der Waals surface area contributed by atoms with Crippen molar-refractivity contribution >= 4 is 17.5 Å². The molecule has 110 valence electrons. The van der Waals surface area contributed by atoms with Gasteiger partial charge in [0.1, 0.15) is 5.75 Å². The molecule has 1 amide bonds. The SMILES string of the molecule is C=CCNC(=O)C(C)Oc1ccc(Cl)cc1CC(C)N. The Morgan fingerprint density at radius 1 is 1.55 bits per heavy atom. The van der Waals surface area contributed by atoms with Gasteiger partial charge in [0.15, 0.2) is 6.10 Å². The maximum absolute atomic E-state index is 11.8. The first-order valence-electron chi connectivity index (χ1n) is 6.53. The van der Waals surface area contributed by atoms with Crippen molar-refractivity contribution in [2.75, 3.05) is 6.54 Å². The van der Waals surface area contributed by atoms with E-state index in [1.165, 1.54) is 0 Å². The van der Waals surface area contributed by atoms with Crippen molar-refractivity contribution in [3.05, 3.63) is 41.4 Å². The number of halogens is 1. The van der Waals surface area contributed by atoms with Gasteiger partial charge in [-0.2, -0.15) is 0 Å². The monoisotopic (exact) mass is 296 g/mol. The van der Waals surface area contributed by atoms with E-state index >= 15 is 0 Å². The summed E-state index contributed by atoms with van der Waals surface area (Å²) in [6.07, 6.45) is 1.66. The molecule has 0 bridgehead atoms. The molecule has 2 atom stereocenters. The number of hydrogen-bond donors (Lipinski definition) is 2. The van der Waals surface area contributed by atoms with Crippen LogP contribution in [-0.4, -0.2) is 24.6 Å². The first kappa shape index (κ1) is 16.5. The van der Waals surface area contributed by atoms with Gasteiger partial charge in [-0.1, -0.05) is 17.7 Å². The fourth-order valence-corrected chi connectivity index (χ4v) is 1.92. The van der Waals surface area contributed by atoms with Crippen molar-refractivity contribution < 1.29 is 9.53 Å². The van der Waals surface area contributed by atoms with Crippen molar-refractivity contribution in [3.8, 4) is 5.75 Å². The summed E-state index contributed by atoms with van der Waals surface area (Å²) in [6.45, 7) is 7.57. The third kappa shape index (κ3) is 5.23. The highest BCUT2D eigenvalue weighted by molar-refractivity contribution is 6.30. The summed E-state index contributed by atoms with van der Waals surface area (Å²) < 4.78 is 5.70. The van der Waals surface area contributed by atoms with Crippen LogP contribution in [0.1, 0.15) is 19.4 Å². The molecule has 0 aliphatic rings. The maximum Gasteiger partial charge on any atom is 0.261 e. The molecule has 0 aromatic heterocycles. The van der Waals surface area contributed by atoms with Gasteiger partial charge < -0.3 is 15.8 Å². The quantitative estimate of drug-likeness (QED) is 0.759. The third-order valence-electron chi connectivity index (χ3n) is 2.66. The number of benzene rings is 1. The van der Waals surface area contributed by atoms with Crippen LogP contribution in [0.2, 0.25) is 5.02 Å². The molecule has 0 saturated heterocycles. The second-order valence-electron chi connectivity index (χ2n) is 4.73. The summed E-state index contributed by atoms with van der Waals surface area (Å²) in [5.74, 6) is 0.444. The van der Waals surface area contributed by atoms with Crippen LogP contribution < -0.4 is 15.8 Å². The highest BCUT2D eigenvalue weighted by atomic mass is 35.5. The average molecular weight is 297 g/mol. The van der Waals surface area contributed by atoms with E-state index in [4.69, 9.17) is 22.1 Å². The normalized spacial score (nSPS) is 13.4. The first-order chi connectivity index (χ1) is 9.43. The van der Waals surface area contributed by atoms with E-state index in [-0.39, 0.29) is 11.9 Å². The molecule has 0 spiro atoms. The minimum absolute atomic E-state index is 0.0132. The van der Waals surface area contributed by atoms with Gasteiger partial charge in [0.2, 0.25) is 0 Å². The average Bonchev–Trinajstić information content (AvgIpc) is 2.38. The summed E-state index contributed by atoms with van der Waals surface area (Å²) in [5, 5.41) is 3.31. The van der Waals surface area contributed by atoms with Gasteiger partial charge in [0.25, 0.3) is 5.91 Å². The lowest BCUT2D eigenvalue weighted by Crippen LogP contribution is -2.36. The lowest BCUT2D eigenvalue weighted by atomic mass is 10.1. The minimum atomic E-state index is -0.594. The van der Waals surface area contributed by atoms with Crippen molar-refractivity contribution in [1.29, 1.82) is 0 Å². The van der Waals surface area contributed by atoms with E-state index in [0.29, 0.717) is 23.7 Å². The van der Waals surface area contributed by atoms with Crippen LogP contribution in [0.5, 0.6) is 5.75 Å². The summed E-state index contributed by atoms with van der Waals surface area (Å²) in [7, 11) is 0. The number of nitrogens with two attached hydrogens (primary N) is 1. The molecule has 5 heteroatoms. The van der Waals surface area contributed by atoms with E-state index in [1.807, 2.05) is 13.0 Å². The number of amides is 1. The van der Waals surface area contributed by atoms with Crippen molar-refractivity contribution in [2.45, 2.75) is 32.4 Å². The third-order valence-corrected chi connectivity index (χ3v) is 2.89. The predicted octanol–water partition coefficient (Wildman–Crippen LogP) is 2.30. The zero-order chi connectivity index (χ0) is 15.1. The number of carbonyl (C=O) groups is 1. The molecule has 0 fully saturated rings. The molecule has 4 nitrogen and oxygen atoms in total. The Kier molecular flexibility index (Phi) is 6.55. The highest BCUT2D eigenvalue weighted by Crippen LogP contribution is 2.25. The first-order valence-corrected chi connectivity index (χ1v) is 6.91. The van der Waals surface area contributed by atoms with E-state index < -0.39 is 6.10 Å². The highest BCUT2D eigenvalue weighted by Gasteiger charge is 2.16. The van der Waals surface area contributed by atoms with Crippen LogP contribution in [0.3, 0.4) is 0 Å². The number of nitrogens with one attached hydrogen (secondary N) is 1. The van der Waals surface area contributed by atoms with Gasteiger partial charge in [-0.3, -0.25) is 4.79 Å². The summed E-state index contributed by atoms with van der Waals surface area (Å²) in [4.78, 5) is 11.8. The standard InChI is InChI=1S/C15H21ClN2O2/c1-4-7-18-15(19)11(3)20-14-6-5-13(16)9-12(14)8-10(2)17/h4-6,9-11H,1,7-8,17H2,2-3H3,(H,18,19). The molecule has 0 saturated carbocycles. The fraction of sp³-hybridized carbons (Fsp3) is 0.400. The lowest BCUT2D eigenvalue weighted by molar-refractivity contribution is -0.127. The minimum Gasteiger partial charge on any atom is -0.481 e. The largest absolute Gasteiger partial charge is 0.481 e. The molecule has 0 heterocycles. The van der Waals surface area contributed by atoms with Gasteiger partial charge in [0.05, 0.1) is 0 Å². The van der Waals surface area contributed by atoms with Crippen LogP contribution in [0, 0.1) is 0 Å². The smallest absolute Gasteiger partial charge is 0.261 e. The van der Waals surface area contributed by atoms with E-state index in [9.17, 15) is 4.79 Å². The molecule has 20 heavy (non-hydrogen) atoms. The van der Waals surface area contributed by atoms with Crippen molar-refractivity contribution in [3.63, 3.8) is 0 Å². The lowest BCUT2D eigenvalue weighted by Gasteiger charge is -2.18. The molecule has 0 aliphatic heterocycles. The Morgan fingerprint density at radius 2 is 2.25 bits per heavy atom. The van der Waals surface area contributed by atoms with Crippen molar-refractivity contribution in [2.24, 2.45) is 5.73 Å². The van der Waals surface area contributed by atoms with Gasteiger partial charge >= 0.3 is 0 Å². The Labute approximate surface area is 124 Å². The van der Waals surface area contributed by atoms with Gasteiger partial charge in [0, 0.05) is 17.6 Å². The van der Waals surface area contributed by atoms with E-state index in [0.717, 1.165) is 5.56 Å². The Hall–Kier alpha value is -1.52. The molecular weight excluding hydrogens is 276 g/mol. The van der Waals surface area contributed by atoms with Crippen LogP contribution in [0.25, 0.3) is 0 Å². The van der Waals surface area contributed by atoms with Crippen molar-refractivity contribution in [1.82, 2.24) is 5.32 Å². The van der Waals surface area contributed by atoms with Gasteiger partial charge in [-0.15, -0.1) is 6.58 Å². The Balaban J connectivity index is 2.80. The molecule has 0 aliphatic carbocycles. The number of ether oxygens (including phenoxy) is 1. The summed E-state index contributed by atoms with van der Waals surface area (Å²) >= 11 is 5.98. The fourth-order valence-electron chi connectivity index (χ4n) is 1.73. The molecular formula is C15H21ClN2O2. The summed E-state index contributed by atoms with van der Waals surface area (Å²) in [5.41, 5.74) is 6.71. The molecule has 1 aromatic rings. The van der Waals surface area contributed by atoms with Crippen LogP contribution in [0.15, 0.2) is 30.9 Å². The van der Waals surface area contributed by atoms with Crippen LogP contribution >= 0.6 is 11.6 Å². The zero-order valence-electron chi connectivity index (χ0n) is 11.9. The van der Waals surface area contributed by atoms with Gasteiger partial charge in [-0.05, 0) is 44.0 Å². The molecule has 1 rings (SSSR count). The molecule has 1 aromatic carbocycles. The topological polar surface area (TPSA) is 64.3 Å². The zero-order valence-corrected chi connectivity index (χ0v) is 12.6. The van der Waals surface area contributed by atoms with Crippen LogP contribution in [0.4, 0.5) is 0 Å². The molecule has 2 unspecified atom stereocenters.